The molecule has 3 atom stereocenters. The summed E-state index contributed by atoms with van der Waals surface area (Å²) in [4.78, 5) is 0. The van der Waals surface area contributed by atoms with Crippen molar-refractivity contribution in [2.24, 2.45) is 5.92 Å². The van der Waals surface area contributed by atoms with Gasteiger partial charge in [0.05, 0.1) is 12.7 Å². The van der Waals surface area contributed by atoms with Crippen molar-refractivity contribution in [2.45, 2.75) is 18.8 Å². The molecule has 1 saturated heterocycles. The van der Waals surface area contributed by atoms with Crippen LogP contribution in [-0.4, -0.2) is 42.9 Å². The van der Waals surface area contributed by atoms with Crippen LogP contribution in [0.3, 0.4) is 0 Å². The Morgan fingerprint density at radius 1 is 1.45 bits per heavy atom. The van der Waals surface area contributed by atoms with Crippen LogP contribution < -0.4 is 0 Å². The summed E-state index contributed by atoms with van der Waals surface area (Å²) >= 11 is 0. The molecule has 0 radical (unpaired) electrons. The maximum atomic E-state index is 8.83. The van der Waals surface area contributed by atoms with Gasteiger partial charge in [0.25, 0.3) is 0 Å². The van der Waals surface area contributed by atoms with Gasteiger partial charge < -0.3 is 19.7 Å². The van der Waals surface area contributed by atoms with E-state index in [1.807, 2.05) is 0 Å². The highest BCUT2D eigenvalue weighted by Crippen LogP contribution is 2.25. The molecule has 0 aromatic rings. The predicted molar refractivity (Wildman–Crippen MR) is 37.9 cm³/mol. The molecule has 11 heavy (non-hydrogen) atoms. The van der Waals surface area contributed by atoms with E-state index in [4.69, 9.17) is 19.7 Å². The van der Waals surface area contributed by atoms with E-state index in [-0.39, 0.29) is 31.5 Å². The van der Waals surface area contributed by atoms with Crippen LogP contribution in [0.4, 0.5) is 0 Å². The van der Waals surface area contributed by atoms with Crippen molar-refractivity contribution in [2.75, 3.05) is 20.3 Å². The third-order valence-electron chi connectivity index (χ3n) is 2.02. The lowest BCUT2D eigenvalue weighted by atomic mass is 10.0. The Morgan fingerprint density at radius 2 is 2.18 bits per heavy atom. The van der Waals surface area contributed by atoms with Crippen molar-refractivity contribution >= 4 is 0 Å². The molecule has 1 fully saturated rings. The molecule has 1 rings (SSSR count). The van der Waals surface area contributed by atoms with Crippen LogP contribution in [0.2, 0.25) is 0 Å². The highest BCUT2D eigenvalue weighted by atomic mass is 16.7. The number of hydrogen-bond acceptors (Lipinski definition) is 4. The average Bonchev–Trinajstić information content (AvgIpc) is 2.46. The SMILES string of the molecule is COC1C[C@H](CO)[C@@H](CO)O1. The topological polar surface area (TPSA) is 58.9 Å². The van der Waals surface area contributed by atoms with E-state index in [0.717, 1.165) is 0 Å². The third-order valence-corrected chi connectivity index (χ3v) is 2.02. The minimum Gasteiger partial charge on any atom is -0.396 e. The summed E-state index contributed by atoms with van der Waals surface area (Å²) in [5, 5.41) is 17.6. The Kier molecular flexibility index (Phi) is 3.26. The van der Waals surface area contributed by atoms with Gasteiger partial charge in [0.2, 0.25) is 0 Å². The first kappa shape index (κ1) is 8.93. The molecule has 1 unspecified atom stereocenters. The van der Waals surface area contributed by atoms with E-state index in [0.29, 0.717) is 6.42 Å². The minimum absolute atomic E-state index is 0.0185. The first-order valence-electron chi connectivity index (χ1n) is 3.71. The highest BCUT2D eigenvalue weighted by Gasteiger charge is 2.33. The number of ether oxygens (including phenoxy) is 2. The summed E-state index contributed by atoms with van der Waals surface area (Å²) in [7, 11) is 1.55. The lowest BCUT2D eigenvalue weighted by Crippen LogP contribution is -2.23. The van der Waals surface area contributed by atoms with E-state index < -0.39 is 0 Å². The van der Waals surface area contributed by atoms with Crippen LogP contribution in [-0.2, 0) is 9.47 Å². The Balaban J connectivity index is 2.41. The van der Waals surface area contributed by atoms with Crippen LogP contribution in [0.5, 0.6) is 0 Å². The zero-order valence-electron chi connectivity index (χ0n) is 6.56. The van der Waals surface area contributed by atoms with Gasteiger partial charge >= 0.3 is 0 Å². The summed E-state index contributed by atoms with van der Waals surface area (Å²) in [5.41, 5.74) is 0. The summed E-state index contributed by atoms with van der Waals surface area (Å²) in [6, 6.07) is 0. The van der Waals surface area contributed by atoms with Crippen LogP contribution in [0.1, 0.15) is 6.42 Å². The largest absolute Gasteiger partial charge is 0.396 e. The Bertz CT molecular complexity index is 105. The molecule has 0 aliphatic carbocycles. The fourth-order valence-electron chi connectivity index (χ4n) is 1.30. The van der Waals surface area contributed by atoms with Crippen LogP contribution >= 0.6 is 0 Å². The molecule has 4 nitrogen and oxygen atoms in total. The smallest absolute Gasteiger partial charge is 0.158 e. The Labute approximate surface area is 65.7 Å². The number of rotatable bonds is 3. The Morgan fingerprint density at radius 3 is 2.55 bits per heavy atom. The molecule has 0 amide bonds. The predicted octanol–water partition coefficient (Wildman–Crippen LogP) is -0.651. The van der Waals surface area contributed by atoms with E-state index in [9.17, 15) is 0 Å². The lowest BCUT2D eigenvalue weighted by Gasteiger charge is -2.12. The second-order valence-electron chi connectivity index (χ2n) is 2.70. The van der Waals surface area contributed by atoms with Crippen molar-refractivity contribution in [3.8, 4) is 0 Å². The normalized spacial score (nSPS) is 37.9. The molecule has 2 N–H and O–H groups in total. The zero-order valence-corrected chi connectivity index (χ0v) is 6.56. The quantitative estimate of drug-likeness (QED) is 0.579. The monoisotopic (exact) mass is 162 g/mol. The second kappa shape index (κ2) is 4.01. The molecule has 0 spiro atoms. The van der Waals surface area contributed by atoms with E-state index >= 15 is 0 Å². The molecule has 1 aliphatic rings. The van der Waals surface area contributed by atoms with E-state index in [1.165, 1.54) is 0 Å². The molecular weight excluding hydrogens is 148 g/mol. The highest BCUT2D eigenvalue weighted by molar-refractivity contribution is 4.77. The first-order valence-corrected chi connectivity index (χ1v) is 3.71. The number of hydrogen-bond donors (Lipinski definition) is 2. The van der Waals surface area contributed by atoms with Crippen molar-refractivity contribution in [1.82, 2.24) is 0 Å². The van der Waals surface area contributed by atoms with Gasteiger partial charge in [-0.1, -0.05) is 0 Å². The molecule has 66 valence electrons. The molecule has 1 aliphatic heterocycles. The van der Waals surface area contributed by atoms with Crippen molar-refractivity contribution in [3.63, 3.8) is 0 Å². The molecular formula is C7H14O4. The fourth-order valence-corrected chi connectivity index (χ4v) is 1.30. The number of methoxy groups -OCH3 is 1. The average molecular weight is 162 g/mol. The standard InChI is InChI=1S/C7H14O4/c1-10-7-2-5(3-8)6(4-9)11-7/h5-9H,2-4H2,1H3/t5-,6-,7?/m1/s1. The van der Waals surface area contributed by atoms with Gasteiger partial charge in [-0.3, -0.25) is 0 Å². The molecule has 4 heteroatoms. The lowest BCUT2D eigenvalue weighted by molar-refractivity contribution is -0.125. The summed E-state index contributed by atoms with van der Waals surface area (Å²) in [5.74, 6) is 0.0185. The van der Waals surface area contributed by atoms with Gasteiger partial charge in [-0.05, 0) is 0 Å². The molecule has 0 aromatic heterocycles. The van der Waals surface area contributed by atoms with Crippen LogP contribution in [0.25, 0.3) is 0 Å². The first-order chi connectivity index (χ1) is 5.31. The summed E-state index contributed by atoms with van der Waals surface area (Å²) in [6.07, 6.45) is 0.146. The minimum atomic E-state index is -0.260. The molecule has 0 aromatic carbocycles. The van der Waals surface area contributed by atoms with Gasteiger partial charge in [-0.25, -0.2) is 0 Å². The van der Waals surface area contributed by atoms with Gasteiger partial charge in [0.1, 0.15) is 0 Å². The van der Waals surface area contributed by atoms with Gasteiger partial charge in [-0.2, -0.15) is 0 Å². The fraction of sp³-hybridized carbons (Fsp3) is 1.00. The van der Waals surface area contributed by atoms with Crippen molar-refractivity contribution < 1.29 is 19.7 Å². The van der Waals surface area contributed by atoms with E-state index in [2.05, 4.69) is 0 Å². The molecule has 1 heterocycles. The second-order valence-corrected chi connectivity index (χ2v) is 2.70. The van der Waals surface area contributed by atoms with Crippen molar-refractivity contribution in [1.29, 1.82) is 0 Å². The van der Waals surface area contributed by atoms with Crippen LogP contribution in [0.15, 0.2) is 0 Å². The molecule has 0 saturated carbocycles. The van der Waals surface area contributed by atoms with Crippen LogP contribution in [0, 0.1) is 5.92 Å². The van der Waals surface area contributed by atoms with Crippen molar-refractivity contribution in [3.05, 3.63) is 0 Å². The zero-order chi connectivity index (χ0) is 8.27. The maximum Gasteiger partial charge on any atom is 0.158 e. The number of aliphatic hydroxyl groups is 2. The Hall–Kier alpha value is -0.160. The van der Waals surface area contributed by atoms with E-state index in [1.54, 1.807) is 7.11 Å². The molecule has 0 bridgehead atoms. The number of aliphatic hydroxyl groups excluding tert-OH is 2. The summed E-state index contributed by atoms with van der Waals surface area (Å²) in [6.45, 7) is -0.00380. The maximum absolute atomic E-state index is 8.83. The van der Waals surface area contributed by atoms with Gasteiger partial charge in [0.15, 0.2) is 6.29 Å². The van der Waals surface area contributed by atoms with Gasteiger partial charge in [0, 0.05) is 26.1 Å². The van der Waals surface area contributed by atoms with Gasteiger partial charge in [-0.15, -0.1) is 0 Å². The summed E-state index contributed by atoms with van der Waals surface area (Å²) < 4.78 is 10.2. The third kappa shape index (κ3) is 1.90.